The Bertz CT molecular complexity index is 389. The maximum atomic E-state index is 11.0. The van der Waals surface area contributed by atoms with Gasteiger partial charge in [0.15, 0.2) is 6.61 Å². The first kappa shape index (κ1) is 10.8. The number of hydrogen-bond acceptors (Lipinski definition) is 3. The van der Waals surface area contributed by atoms with Crippen molar-refractivity contribution < 1.29 is 14.3 Å². The molecule has 0 fully saturated rings. The Balaban J connectivity index is 2.54. The number of carbonyl (C=O) groups excluding carboxylic acids is 2. The van der Waals surface area contributed by atoms with Crippen LogP contribution in [-0.4, -0.2) is 19.0 Å². The van der Waals surface area contributed by atoms with Crippen LogP contribution in [0, 0.1) is 12.3 Å². The second-order valence-electron chi connectivity index (χ2n) is 2.65. The summed E-state index contributed by atoms with van der Waals surface area (Å²) in [5, 5.41) is 2.46. The lowest BCUT2D eigenvalue weighted by molar-refractivity contribution is 0.112. The molecule has 0 aliphatic rings. The summed E-state index contributed by atoms with van der Waals surface area (Å²) in [5.74, 6) is 2.17. The summed E-state index contributed by atoms with van der Waals surface area (Å²) in [7, 11) is 0. The normalized spacial score (nSPS) is 8.73. The number of rotatable bonds is 3. The topological polar surface area (TPSA) is 55.4 Å². The van der Waals surface area contributed by atoms with Crippen molar-refractivity contribution in [2.75, 3.05) is 11.9 Å². The minimum Gasteiger partial charge on any atom is -0.436 e. The van der Waals surface area contributed by atoms with E-state index in [1.165, 1.54) is 0 Å². The Morgan fingerprint density at radius 3 is 2.67 bits per heavy atom. The van der Waals surface area contributed by atoms with E-state index in [-0.39, 0.29) is 6.61 Å². The summed E-state index contributed by atoms with van der Waals surface area (Å²) < 4.78 is 4.60. The third-order valence-electron chi connectivity index (χ3n) is 1.58. The molecule has 0 saturated carbocycles. The van der Waals surface area contributed by atoms with E-state index in [9.17, 15) is 9.59 Å². The van der Waals surface area contributed by atoms with Gasteiger partial charge >= 0.3 is 6.09 Å². The molecule has 0 atom stereocenters. The summed E-state index contributed by atoms with van der Waals surface area (Å²) >= 11 is 0. The van der Waals surface area contributed by atoms with Gasteiger partial charge in [-0.1, -0.05) is 5.92 Å². The average Bonchev–Trinajstić information content (AvgIpc) is 2.27. The van der Waals surface area contributed by atoms with Crippen molar-refractivity contribution in [3.05, 3.63) is 29.8 Å². The lowest BCUT2D eigenvalue weighted by Gasteiger charge is -2.04. The summed E-state index contributed by atoms with van der Waals surface area (Å²) in [5.41, 5.74) is 1.08. The average molecular weight is 203 g/mol. The monoisotopic (exact) mass is 203 g/mol. The Morgan fingerprint density at radius 1 is 1.47 bits per heavy atom. The Morgan fingerprint density at radius 2 is 2.13 bits per heavy atom. The highest BCUT2D eigenvalue weighted by atomic mass is 16.5. The van der Waals surface area contributed by atoms with Crippen molar-refractivity contribution >= 4 is 18.1 Å². The zero-order chi connectivity index (χ0) is 11.1. The number of ether oxygens (including phenoxy) is 1. The van der Waals surface area contributed by atoms with Gasteiger partial charge in [0.25, 0.3) is 0 Å². The van der Waals surface area contributed by atoms with Gasteiger partial charge in [-0.15, -0.1) is 6.42 Å². The fraction of sp³-hybridized carbons (Fsp3) is 0.0909. The van der Waals surface area contributed by atoms with Gasteiger partial charge in [-0.05, 0) is 24.3 Å². The van der Waals surface area contributed by atoms with Crippen molar-refractivity contribution in [2.24, 2.45) is 0 Å². The van der Waals surface area contributed by atoms with Gasteiger partial charge in [-0.25, -0.2) is 4.79 Å². The van der Waals surface area contributed by atoms with E-state index in [1.54, 1.807) is 24.3 Å². The summed E-state index contributed by atoms with van der Waals surface area (Å²) in [4.78, 5) is 21.4. The summed E-state index contributed by atoms with van der Waals surface area (Å²) in [6, 6.07) is 6.37. The maximum Gasteiger partial charge on any atom is 0.412 e. The summed E-state index contributed by atoms with van der Waals surface area (Å²) in [6.07, 6.45) is 5.02. The molecule has 1 amide bonds. The third kappa shape index (κ3) is 3.53. The van der Waals surface area contributed by atoms with Gasteiger partial charge in [-0.2, -0.15) is 0 Å². The number of benzene rings is 1. The molecular formula is C11H9NO3. The van der Waals surface area contributed by atoms with Crippen molar-refractivity contribution in [1.82, 2.24) is 0 Å². The third-order valence-corrected chi connectivity index (χ3v) is 1.58. The molecule has 0 spiro atoms. The zero-order valence-electron chi connectivity index (χ0n) is 7.90. The van der Waals surface area contributed by atoms with Gasteiger partial charge < -0.3 is 4.74 Å². The minimum absolute atomic E-state index is 0.0712. The number of anilines is 1. The fourth-order valence-electron chi connectivity index (χ4n) is 0.906. The molecule has 1 aromatic carbocycles. The molecule has 0 bridgehead atoms. The molecule has 0 aliphatic heterocycles. The van der Waals surface area contributed by atoms with Crippen LogP contribution in [0.3, 0.4) is 0 Å². The van der Waals surface area contributed by atoms with Gasteiger partial charge in [0, 0.05) is 11.3 Å². The van der Waals surface area contributed by atoms with Gasteiger partial charge in [0.2, 0.25) is 0 Å². The Hall–Kier alpha value is -2.28. The lowest BCUT2D eigenvalue weighted by atomic mass is 10.2. The Kier molecular flexibility index (Phi) is 3.92. The molecule has 4 heteroatoms. The van der Waals surface area contributed by atoms with Crippen molar-refractivity contribution in [3.8, 4) is 12.3 Å². The number of aldehydes is 1. The lowest BCUT2D eigenvalue weighted by Crippen LogP contribution is -2.13. The van der Waals surface area contributed by atoms with E-state index in [0.29, 0.717) is 11.3 Å². The molecule has 1 rings (SSSR count). The van der Waals surface area contributed by atoms with Crippen LogP contribution in [0.25, 0.3) is 0 Å². The molecule has 0 saturated heterocycles. The van der Waals surface area contributed by atoms with Gasteiger partial charge in [0.1, 0.15) is 6.29 Å². The van der Waals surface area contributed by atoms with E-state index in [1.807, 2.05) is 0 Å². The molecular weight excluding hydrogens is 194 g/mol. The van der Waals surface area contributed by atoms with E-state index < -0.39 is 6.09 Å². The largest absolute Gasteiger partial charge is 0.436 e. The molecule has 4 nitrogen and oxygen atoms in total. The highest BCUT2D eigenvalue weighted by molar-refractivity contribution is 5.85. The van der Waals surface area contributed by atoms with Gasteiger partial charge in [-0.3, -0.25) is 10.1 Å². The molecule has 0 aliphatic carbocycles. The molecule has 1 aromatic rings. The van der Waals surface area contributed by atoms with Crippen LogP contribution in [-0.2, 0) is 4.74 Å². The first-order valence-corrected chi connectivity index (χ1v) is 4.18. The van der Waals surface area contributed by atoms with Gasteiger partial charge in [0.05, 0.1) is 0 Å². The molecule has 0 heterocycles. The van der Waals surface area contributed by atoms with E-state index in [2.05, 4.69) is 16.0 Å². The number of amides is 1. The maximum absolute atomic E-state index is 11.0. The highest BCUT2D eigenvalue weighted by Crippen LogP contribution is 2.08. The fourth-order valence-corrected chi connectivity index (χ4v) is 0.906. The molecule has 0 aromatic heterocycles. The highest BCUT2D eigenvalue weighted by Gasteiger charge is 2.01. The van der Waals surface area contributed by atoms with E-state index >= 15 is 0 Å². The van der Waals surface area contributed by atoms with Crippen LogP contribution in [0.1, 0.15) is 10.4 Å². The van der Waals surface area contributed by atoms with Crippen molar-refractivity contribution in [2.45, 2.75) is 0 Å². The zero-order valence-corrected chi connectivity index (χ0v) is 7.90. The van der Waals surface area contributed by atoms with Crippen LogP contribution in [0.15, 0.2) is 24.3 Å². The van der Waals surface area contributed by atoms with Crippen LogP contribution >= 0.6 is 0 Å². The Labute approximate surface area is 87.2 Å². The van der Waals surface area contributed by atoms with Crippen molar-refractivity contribution in [3.63, 3.8) is 0 Å². The predicted octanol–water partition coefficient (Wildman–Crippen LogP) is 1.68. The molecule has 15 heavy (non-hydrogen) atoms. The molecule has 1 N–H and O–H groups in total. The second-order valence-corrected chi connectivity index (χ2v) is 2.65. The predicted molar refractivity (Wildman–Crippen MR) is 55.6 cm³/mol. The van der Waals surface area contributed by atoms with Crippen LogP contribution in [0.5, 0.6) is 0 Å². The van der Waals surface area contributed by atoms with E-state index in [4.69, 9.17) is 6.42 Å². The number of carbonyl (C=O) groups is 2. The molecule has 76 valence electrons. The number of hydrogen-bond donors (Lipinski definition) is 1. The molecule has 0 unspecified atom stereocenters. The number of terminal acetylenes is 1. The number of nitrogens with one attached hydrogen (secondary N) is 1. The first-order valence-electron chi connectivity index (χ1n) is 4.18. The van der Waals surface area contributed by atoms with Crippen LogP contribution in [0.4, 0.5) is 10.5 Å². The SMILES string of the molecule is C#CCOC(=O)Nc1ccc(C=O)cc1. The molecule has 0 radical (unpaired) electrons. The van der Waals surface area contributed by atoms with Crippen LogP contribution < -0.4 is 5.32 Å². The minimum atomic E-state index is -0.619. The first-order chi connectivity index (χ1) is 7.26. The smallest absolute Gasteiger partial charge is 0.412 e. The standard InChI is InChI=1S/C11H9NO3/c1-2-7-15-11(14)12-10-5-3-9(8-13)4-6-10/h1,3-6,8H,7H2,(H,12,14). The van der Waals surface area contributed by atoms with Crippen molar-refractivity contribution in [1.29, 1.82) is 0 Å². The van der Waals surface area contributed by atoms with Crippen LogP contribution in [0.2, 0.25) is 0 Å². The van der Waals surface area contributed by atoms with E-state index in [0.717, 1.165) is 6.29 Å². The summed E-state index contributed by atoms with van der Waals surface area (Å²) in [6.45, 7) is -0.0712. The second kappa shape index (κ2) is 5.45. The quantitative estimate of drug-likeness (QED) is 0.600.